The first-order chi connectivity index (χ1) is 10.9. The van der Waals surface area contributed by atoms with Gasteiger partial charge in [0, 0.05) is 5.69 Å². The first-order valence-corrected chi connectivity index (χ1v) is 8.05. The molecule has 0 radical (unpaired) electrons. The Morgan fingerprint density at radius 2 is 1.78 bits per heavy atom. The third kappa shape index (κ3) is 3.55. The summed E-state index contributed by atoms with van der Waals surface area (Å²) in [6.07, 6.45) is 0.724. The molecule has 0 aromatic heterocycles. The van der Waals surface area contributed by atoms with Crippen molar-refractivity contribution in [2.75, 3.05) is 11.9 Å². The third-order valence-electron chi connectivity index (χ3n) is 4.27. The van der Waals surface area contributed by atoms with Gasteiger partial charge in [-0.05, 0) is 41.2 Å². The smallest absolute Gasteiger partial charge is 0.231 e. The molecule has 1 atom stereocenters. The zero-order valence-electron chi connectivity index (χ0n) is 13.9. The second-order valence-corrected chi connectivity index (χ2v) is 7.14. The van der Waals surface area contributed by atoms with Crippen molar-refractivity contribution < 1.29 is 9.53 Å². The maximum atomic E-state index is 12.5. The fourth-order valence-electron chi connectivity index (χ4n) is 2.79. The van der Waals surface area contributed by atoms with E-state index in [2.05, 4.69) is 38.2 Å². The number of hydrogen-bond acceptors (Lipinski definition) is 2. The van der Waals surface area contributed by atoms with Crippen LogP contribution in [0.3, 0.4) is 0 Å². The molecule has 1 unspecified atom stereocenters. The Labute approximate surface area is 137 Å². The zero-order valence-corrected chi connectivity index (χ0v) is 13.9. The monoisotopic (exact) mass is 309 g/mol. The number of benzene rings is 2. The molecule has 1 heterocycles. The molecule has 0 saturated heterocycles. The van der Waals surface area contributed by atoms with E-state index in [1.807, 2.05) is 36.4 Å². The van der Waals surface area contributed by atoms with Crippen LogP contribution >= 0.6 is 0 Å². The highest BCUT2D eigenvalue weighted by molar-refractivity contribution is 5.93. The summed E-state index contributed by atoms with van der Waals surface area (Å²) in [5.41, 5.74) is 3.30. The highest BCUT2D eigenvalue weighted by atomic mass is 16.5. The number of carbonyl (C=O) groups is 1. The van der Waals surface area contributed by atoms with Crippen molar-refractivity contribution in [2.45, 2.75) is 32.6 Å². The Kier molecular flexibility index (Phi) is 4.12. The van der Waals surface area contributed by atoms with Crippen molar-refractivity contribution in [3.63, 3.8) is 0 Å². The van der Waals surface area contributed by atoms with E-state index in [1.54, 1.807) is 0 Å². The van der Waals surface area contributed by atoms with E-state index in [1.165, 1.54) is 5.56 Å². The van der Waals surface area contributed by atoms with E-state index in [9.17, 15) is 4.79 Å². The number of amides is 1. The number of para-hydroxylation sites is 1. The molecule has 1 aliphatic heterocycles. The predicted molar refractivity (Wildman–Crippen MR) is 92.9 cm³/mol. The van der Waals surface area contributed by atoms with E-state index in [4.69, 9.17) is 4.74 Å². The van der Waals surface area contributed by atoms with Gasteiger partial charge in [-0.25, -0.2) is 0 Å². The minimum atomic E-state index is -0.146. The first kappa shape index (κ1) is 15.6. The van der Waals surface area contributed by atoms with E-state index >= 15 is 0 Å². The summed E-state index contributed by atoms with van der Waals surface area (Å²) in [6, 6.07) is 16.0. The number of anilines is 1. The zero-order chi connectivity index (χ0) is 16.4. The second kappa shape index (κ2) is 6.07. The molecule has 0 fully saturated rings. The number of fused-ring (bicyclic) bond motifs is 1. The van der Waals surface area contributed by atoms with Crippen LogP contribution in [0.4, 0.5) is 5.69 Å². The van der Waals surface area contributed by atoms with E-state index in [0.29, 0.717) is 6.61 Å². The van der Waals surface area contributed by atoms with Crippen molar-refractivity contribution in [2.24, 2.45) is 5.92 Å². The molecule has 0 bridgehead atoms. The number of ether oxygens (including phenoxy) is 1. The molecule has 1 amide bonds. The summed E-state index contributed by atoms with van der Waals surface area (Å²) in [7, 11) is 0. The number of rotatable bonds is 2. The normalized spacial score (nSPS) is 17.1. The molecular formula is C20H23NO2. The molecule has 1 N–H and O–H groups in total. The number of nitrogens with one attached hydrogen (secondary N) is 1. The summed E-state index contributed by atoms with van der Waals surface area (Å²) < 4.78 is 5.70. The highest BCUT2D eigenvalue weighted by Crippen LogP contribution is 2.28. The van der Waals surface area contributed by atoms with Gasteiger partial charge in [0.05, 0.1) is 5.92 Å². The lowest BCUT2D eigenvalue weighted by atomic mass is 9.87. The molecule has 2 aromatic carbocycles. The molecule has 3 heteroatoms. The van der Waals surface area contributed by atoms with Crippen LogP contribution in [0.5, 0.6) is 5.75 Å². The van der Waals surface area contributed by atoms with Gasteiger partial charge in [-0.2, -0.15) is 0 Å². The van der Waals surface area contributed by atoms with Crippen molar-refractivity contribution in [3.05, 3.63) is 59.7 Å². The predicted octanol–water partition coefficient (Wildman–Crippen LogP) is 4.17. The number of carbonyl (C=O) groups excluding carboxylic acids is 1. The lowest BCUT2D eigenvalue weighted by Crippen LogP contribution is -2.32. The molecule has 0 saturated carbocycles. The van der Waals surface area contributed by atoms with Gasteiger partial charge in [0.1, 0.15) is 12.4 Å². The number of hydrogen-bond donors (Lipinski definition) is 1. The molecule has 0 aliphatic carbocycles. The van der Waals surface area contributed by atoms with Crippen LogP contribution in [0.2, 0.25) is 0 Å². The third-order valence-corrected chi connectivity index (χ3v) is 4.27. The molecule has 120 valence electrons. The van der Waals surface area contributed by atoms with Crippen LogP contribution in [0.25, 0.3) is 0 Å². The standard InChI is InChI=1S/C20H23NO2/c1-20(2,3)16-8-10-17(11-9-16)21-19(22)15-12-14-6-4-5-7-18(14)23-13-15/h4-11,15H,12-13H2,1-3H3,(H,21,22). The Balaban J connectivity index is 1.66. The average Bonchev–Trinajstić information content (AvgIpc) is 2.54. The Morgan fingerprint density at radius 1 is 1.09 bits per heavy atom. The Morgan fingerprint density at radius 3 is 2.48 bits per heavy atom. The van der Waals surface area contributed by atoms with Crippen LogP contribution in [0.15, 0.2) is 48.5 Å². The molecule has 3 rings (SSSR count). The molecule has 23 heavy (non-hydrogen) atoms. The van der Waals surface area contributed by atoms with Crippen molar-refractivity contribution in [3.8, 4) is 5.75 Å². The van der Waals surface area contributed by atoms with Gasteiger partial charge in [-0.3, -0.25) is 4.79 Å². The van der Waals surface area contributed by atoms with Gasteiger partial charge in [-0.15, -0.1) is 0 Å². The summed E-state index contributed by atoms with van der Waals surface area (Å²) >= 11 is 0. The van der Waals surface area contributed by atoms with Crippen molar-refractivity contribution in [1.29, 1.82) is 0 Å². The fourth-order valence-corrected chi connectivity index (χ4v) is 2.79. The molecule has 2 aromatic rings. The van der Waals surface area contributed by atoms with Gasteiger partial charge >= 0.3 is 0 Å². The Bertz CT molecular complexity index is 698. The minimum absolute atomic E-state index is 0.0167. The van der Waals surface area contributed by atoms with E-state index in [0.717, 1.165) is 23.4 Å². The van der Waals surface area contributed by atoms with Gasteiger partial charge < -0.3 is 10.1 Å². The lowest BCUT2D eigenvalue weighted by molar-refractivity contribution is -0.121. The highest BCUT2D eigenvalue weighted by Gasteiger charge is 2.25. The maximum Gasteiger partial charge on any atom is 0.231 e. The van der Waals surface area contributed by atoms with Crippen LogP contribution in [0.1, 0.15) is 31.9 Å². The van der Waals surface area contributed by atoms with E-state index in [-0.39, 0.29) is 17.2 Å². The molecule has 3 nitrogen and oxygen atoms in total. The summed E-state index contributed by atoms with van der Waals surface area (Å²) in [5.74, 6) is 0.765. The largest absolute Gasteiger partial charge is 0.492 e. The molecule has 0 spiro atoms. The van der Waals surface area contributed by atoms with Gasteiger partial charge in [0.25, 0.3) is 0 Å². The van der Waals surface area contributed by atoms with E-state index < -0.39 is 0 Å². The fraction of sp³-hybridized carbons (Fsp3) is 0.350. The summed E-state index contributed by atoms with van der Waals surface area (Å²) in [4.78, 5) is 12.5. The van der Waals surface area contributed by atoms with Crippen LogP contribution in [0, 0.1) is 5.92 Å². The van der Waals surface area contributed by atoms with Crippen LogP contribution in [-0.4, -0.2) is 12.5 Å². The second-order valence-electron chi connectivity index (χ2n) is 7.14. The Hall–Kier alpha value is -2.29. The first-order valence-electron chi connectivity index (χ1n) is 8.05. The van der Waals surface area contributed by atoms with Gasteiger partial charge in [-0.1, -0.05) is 51.1 Å². The minimum Gasteiger partial charge on any atom is -0.492 e. The quantitative estimate of drug-likeness (QED) is 0.904. The topological polar surface area (TPSA) is 38.3 Å². The SMILES string of the molecule is CC(C)(C)c1ccc(NC(=O)C2COc3ccccc3C2)cc1. The maximum absolute atomic E-state index is 12.5. The average molecular weight is 309 g/mol. The lowest BCUT2D eigenvalue weighted by Gasteiger charge is -2.24. The molecule has 1 aliphatic rings. The summed E-state index contributed by atoms with van der Waals surface area (Å²) in [6.45, 7) is 6.97. The van der Waals surface area contributed by atoms with Crippen LogP contribution in [-0.2, 0) is 16.6 Å². The van der Waals surface area contributed by atoms with Crippen molar-refractivity contribution in [1.82, 2.24) is 0 Å². The van der Waals surface area contributed by atoms with Gasteiger partial charge in [0.15, 0.2) is 0 Å². The van der Waals surface area contributed by atoms with Crippen LogP contribution < -0.4 is 10.1 Å². The van der Waals surface area contributed by atoms with Gasteiger partial charge in [0.2, 0.25) is 5.91 Å². The van der Waals surface area contributed by atoms with Crippen molar-refractivity contribution >= 4 is 11.6 Å². The summed E-state index contributed by atoms with van der Waals surface area (Å²) in [5, 5.41) is 3.00. The molecular weight excluding hydrogens is 286 g/mol.